The normalized spacial score (nSPS) is 46.6. The van der Waals surface area contributed by atoms with E-state index in [9.17, 15) is 0 Å². The van der Waals surface area contributed by atoms with Crippen LogP contribution in [0.3, 0.4) is 0 Å². The lowest BCUT2D eigenvalue weighted by atomic mass is 9.55. The summed E-state index contributed by atoms with van der Waals surface area (Å²) in [6, 6.07) is 0. The van der Waals surface area contributed by atoms with E-state index in [0.29, 0.717) is 0 Å². The number of rotatable bonds is 4. The molecule has 0 saturated heterocycles. The van der Waals surface area contributed by atoms with Crippen molar-refractivity contribution in [2.75, 3.05) is 0 Å². The molecule has 0 heterocycles. The molecule has 0 N–H and O–H groups in total. The molecule has 35 heavy (non-hydrogen) atoms. The zero-order chi connectivity index (χ0) is 23.8. The van der Waals surface area contributed by atoms with Gasteiger partial charge in [-0.05, 0) is 97.7 Å². The monoisotopic (exact) mass is 492 g/mol. The molecule has 0 bridgehead atoms. The predicted octanol–water partition coefficient (Wildman–Crippen LogP) is 10.2. The predicted molar refractivity (Wildman–Crippen MR) is 154 cm³/mol. The quantitative estimate of drug-likeness (QED) is 0.342. The van der Waals surface area contributed by atoms with E-state index in [0.717, 1.165) is 59.2 Å². The Morgan fingerprint density at radius 2 is 0.714 bits per heavy atom. The smallest absolute Gasteiger partial charge is 0.0945 e. The summed E-state index contributed by atoms with van der Waals surface area (Å²) >= 11 is 0. The lowest BCUT2D eigenvalue weighted by Crippen LogP contribution is -2.42. The summed E-state index contributed by atoms with van der Waals surface area (Å²) in [6.07, 6.45) is 33.3. The Balaban J connectivity index is 1.19. The minimum absolute atomic E-state index is 0.916. The van der Waals surface area contributed by atoms with Crippen molar-refractivity contribution in [2.24, 2.45) is 59.2 Å². The van der Waals surface area contributed by atoms with E-state index in [1.807, 2.05) is 0 Å². The molecule has 0 spiro atoms. The Kier molecular flexibility index (Phi) is 7.73. The van der Waals surface area contributed by atoms with Crippen molar-refractivity contribution < 1.29 is 0 Å². The molecule has 8 unspecified atom stereocenters. The second-order valence-corrected chi connectivity index (χ2v) is 19.3. The average molecular weight is 493 g/mol. The largest absolute Gasteiger partial charge is 0.0947 e. The fourth-order valence-corrected chi connectivity index (χ4v) is 12.4. The van der Waals surface area contributed by atoms with Crippen molar-refractivity contribution in [1.29, 1.82) is 0 Å². The third-order valence-corrected chi connectivity index (χ3v) is 14.7. The van der Waals surface area contributed by atoms with Crippen LogP contribution in [-0.4, -0.2) is 8.07 Å². The van der Waals surface area contributed by atoms with Crippen LogP contribution in [-0.2, 0) is 0 Å². The number of hydrogen-bond donors (Lipinski definition) is 0. The van der Waals surface area contributed by atoms with Gasteiger partial charge in [-0.25, -0.2) is 0 Å². The molecule has 6 aliphatic rings. The first kappa shape index (κ1) is 25.0. The van der Waals surface area contributed by atoms with Gasteiger partial charge in [-0.1, -0.05) is 114 Å². The molecule has 0 amide bonds. The Labute approximate surface area is 219 Å². The van der Waals surface area contributed by atoms with Crippen LogP contribution in [0.15, 0.2) is 23.6 Å². The minimum Gasteiger partial charge on any atom is -0.0945 e. The van der Waals surface area contributed by atoms with Crippen LogP contribution in [0.4, 0.5) is 0 Å². The van der Waals surface area contributed by atoms with Gasteiger partial charge in [-0.15, -0.1) is 0 Å². The van der Waals surface area contributed by atoms with Gasteiger partial charge < -0.3 is 0 Å². The van der Waals surface area contributed by atoms with Crippen LogP contribution in [0.2, 0.25) is 13.1 Å². The molecule has 6 saturated carbocycles. The zero-order valence-corrected chi connectivity index (χ0v) is 24.3. The van der Waals surface area contributed by atoms with Gasteiger partial charge in [0.15, 0.2) is 0 Å². The van der Waals surface area contributed by atoms with E-state index in [-0.39, 0.29) is 0 Å². The van der Waals surface area contributed by atoms with Crippen LogP contribution >= 0.6 is 0 Å². The zero-order valence-electron chi connectivity index (χ0n) is 23.3. The first-order chi connectivity index (χ1) is 17.1. The van der Waals surface area contributed by atoms with Gasteiger partial charge in [0.25, 0.3) is 0 Å². The van der Waals surface area contributed by atoms with E-state index in [4.69, 9.17) is 0 Å². The molecule has 6 fully saturated rings. The molecule has 6 rings (SSSR count). The molecule has 0 nitrogen and oxygen atoms in total. The molecular formula is C34H56Si. The summed E-state index contributed by atoms with van der Waals surface area (Å²) in [4.78, 5) is 0. The molecule has 1 heteroatoms. The van der Waals surface area contributed by atoms with Crippen molar-refractivity contribution >= 4 is 8.07 Å². The maximum atomic E-state index is 2.86. The van der Waals surface area contributed by atoms with Crippen LogP contribution in [0.25, 0.3) is 0 Å². The second-order valence-electron chi connectivity index (χ2n) is 15.0. The molecule has 6 aliphatic carbocycles. The topological polar surface area (TPSA) is 0 Å². The minimum atomic E-state index is -1.46. The van der Waals surface area contributed by atoms with Crippen molar-refractivity contribution in [3.63, 3.8) is 0 Å². The van der Waals surface area contributed by atoms with Crippen molar-refractivity contribution in [2.45, 2.75) is 129 Å². The molecule has 0 radical (unpaired) electrons. The molecule has 0 aromatic heterocycles. The standard InChI is InChI=1S/C34H56Si/c1-35(2,21-19-33-29-15-7-3-11-25(29)23-26-12-4-8-16-30(26)33)22-20-34-31-17-9-5-13-27(31)24-28-14-6-10-18-32(28)34/h19-22,25-34H,3-18,23-24H2,1-2H3. The van der Waals surface area contributed by atoms with Gasteiger partial charge in [0.2, 0.25) is 0 Å². The Hall–Kier alpha value is -0.303. The first-order valence-electron chi connectivity index (χ1n) is 16.5. The highest BCUT2D eigenvalue weighted by atomic mass is 28.3. The number of allylic oxidation sites excluding steroid dienone is 2. The summed E-state index contributed by atoms with van der Waals surface area (Å²) in [5.74, 6) is 10.2. The summed E-state index contributed by atoms with van der Waals surface area (Å²) in [7, 11) is -1.46. The fraction of sp³-hybridized carbons (Fsp3) is 0.882. The lowest BCUT2D eigenvalue weighted by Gasteiger charge is -2.51. The highest BCUT2D eigenvalue weighted by Crippen LogP contribution is 2.55. The van der Waals surface area contributed by atoms with E-state index in [2.05, 4.69) is 36.6 Å². The molecule has 196 valence electrons. The number of fused-ring (bicyclic) bond motifs is 4. The third kappa shape index (κ3) is 5.33. The van der Waals surface area contributed by atoms with Gasteiger partial charge in [-0.3, -0.25) is 0 Å². The molecule has 0 aromatic carbocycles. The van der Waals surface area contributed by atoms with Crippen molar-refractivity contribution in [1.82, 2.24) is 0 Å². The van der Waals surface area contributed by atoms with Crippen molar-refractivity contribution in [3.8, 4) is 0 Å². The summed E-state index contributed by atoms with van der Waals surface area (Å²) < 4.78 is 0. The van der Waals surface area contributed by atoms with E-state index < -0.39 is 8.07 Å². The van der Waals surface area contributed by atoms with Crippen molar-refractivity contribution in [3.05, 3.63) is 23.6 Å². The molecule has 8 atom stereocenters. The Morgan fingerprint density at radius 3 is 1.03 bits per heavy atom. The van der Waals surface area contributed by atoms with Crippen LogP contribution in [0, 0.1) is 59.2 Å². The summed E-state index contributed by atoms with van der Waals surface area (Å²) in [5.41, 5.74) is 5.66. The molecular weight excluding hydrogens is 436 g/mol. The maximum absolute atomic E-state index is 2.86. The van der Waals surface area contributed by atoms with Crippen LogP contribution in [0.5, 0.6) is 0 Å². The average Bonchev–Trinajstić information content (AvgIpc) is 2.89. The fourth-order valence-electron chi connectivity index (χ4n) is 10.9. The highest BCUT2D eigenvalue weighted by molar-refractivity contribution is 6.86. The van der Waals surface area contributed by atoms with Gasteiger partial charge in [0.05, 0.1) is 8.07 Å². The molecule has 0 aliphatic heterocycles. The first-order valence-corrected chi connectivity index (χ1v) is 19.6. The van der Waals surface area contributed by atoms with Gasteiger partial charge in [0.1, 0.15) is 0 Å². The Bertz CT molecular complexity index is 657. The molecule has 0 aromatic rings. The number of hydrogen-bond acceptors (Lipinski definition) is 0. The highest BCUT2D eigenvalue weighted by Gasteiger charge is 2.46. The van der Waals surface area contributed by atoms with Crippen LogP contribution in [0.1, 0.15) is 116 Å². The van der Waals surface area contributed by atoms with E-state index in [1.165, 1.54) is 77.0 Å². The lowest BCUT2D eigenvalue weighted by molar-refractivity contribution is 0.0116. The third-order valence-electron chi connectivity index (χ3n) is 12.6. The SMILES string of the molecule is C[Si](C)(C=CC1C2CCCCC2CC2CCCCC21)C=CC1C2CCCCC2CC2CCCCC21. The van der Waals surface area contributed by atoms with E-state index in [1.54, 1.807) is 38.5 Å². The summed E-state index contributed by atoms with van der Waals surface area (Å²) in [6.45, 7) is 5.30. The van der Waals surface area contributed by atoms with Crippen LogP contribution < -0.4 is 0 Å². The van der Waals surface area contributed by atoms with Gasteiger partial charge in [0, 0.05) is 0 Å². The summed E-state index contributed by atoms with van der Waals surface area (Å²) in [5, 5.41) is 0. The second kappa shape index (κ2) is 10.8. The maximum Gasteiger partial charge on any atom is 0.0947 e. The van der Waals surface area contributed by atoms with Gasteiger partial charge >= 0.3 is 0 Å². The van der Waals surface area contributed by atoms with E-state index >= 15 is 0 Å². The van der Waals surface area contributed by atoms with Gasteiger partial charge in [-0.2, -0.15) is 0 Å². The Morgan fingerprint density at radius 1 is 0.429 bits per heavy atom.